The molecule has 0 fully saturated rings. The van der Waals surface area contributed by atoms with Crippen LogP contribution in [0.15, 0.2) is 153 Å². The minimum atomic E-state index is 0.707. The smallest absolute Gasteiger partial charge is 0.178 e. The fraction of sp³-hybridized carbons (Fsp3) is 0.273. The first-order valence-electron chi connectivity index (χ1n) is 22.7. The summed E-state index contributed by atoms with van der Waals surface area (Å²) in [6, 6.07) is 32.0. The maximum absolute atomic E-state index is 4.31. The van der Waals surface area contributed by atoms with E-state index in [0.717, 1.165) is 61.0 Å². The lowest BCUT2D eigenvalue weighted by Gasteiger charge is -1.95. The van der Waals surface area contributed by atoms with Gasteiger partial charge in [-0.25, -0.2) is 24.9 Å². The van der Waals surface area contributed by atoms with Crippen molar-refractivity contribution in [3.63, 3.8) is 0 Å². The van der Waals surface area contributed by atoms with Crippen LogP contribution in [0.4, 0.5) is 0 Å². The molecule has 10 rings (SSSR count). The Hall–Kier alpha value is -7.20. The minimum absolute atomic E-state index is 0.707. The second-order valence-electron chi connectivity index (χ2n) is 12.7. The number of aryl methyl sites for hydroxylation is 5. The molecule has 0 saturated heterocycles. The van der Waals surface area contributed by atoms with Gasteiger partial charge in [-0.15, -0.1) is 0 Å². The molecule has 0 aliphatic rings. The Morgan fingerprint density at radius 1 is 0.277 bits per heavy atom. The number of para-hydroxylation sites is 3. The zero-order valence-electron chi connectivity index (χ0n) is 41.4. The van der Waals surface area contributed by atoms with E-state index in [1.54, 1.807) is 37.2 Å². The van der Waals surface area contributed by atoms with Gasteiger partial charge >= 0.3 is 0 Å². The van der Waals surface area contributed by atoms with Crippen molar-refractivity contribution in [2.75, 3.05) is 0 Å². The molecule has 8 aromatic heterocycles. The Kier molecular flexibility index (Phi) is 28.7. The number of pyridine rings is 6. The van der Waals surface area contributed by atoms with Crippen LogP contribution in [0.25, 0.3) is 55.2 Å². The predicted molar refractivity (Wildman–Crippen MR) is 278 cm³/mol. The maximum atomic E-state index is 4.31. The third-order valence-electron chi connectivity index (χ3n) is 7.94. The Morgan fingerprint density at radius 2 is 0.677 bits per heavy atom. The van der Waals surface area contributed by atoms with E-state index >= 15 is 0 Å². The molecule has 10 aromatic rings. The molecule has 0 spiro atoms. The number of aromatic nitrogens is 10. The van der Waals surface area contributed by atoms with Crippen LogP contribution in [-0.2, 0) is 0 Å². The van der Waals surface area contributed by atoms with Crippen LogP contribution in [0.2, 0.25) is 0 Å². The van der Waals surface area contributed by atoms with Gasteiger partial charge in [0.05, 0.1) is 33.3 Å². The van der Waals surface area contributed by atoms with Crippen molar-refractivity contribution in [1.29, 1.82) is 0 Å². The van der Waals surface area contributed by atoms with Gasteiger partial charge in [-0.2, -0.15) is 0 Å². The summed E-state index contributed by atoms with van der Waals surface area (Å²) < 4.78 is 0. The summed E-state index contributed by atoms with van der Waals surface area (Å²) in [4.78, 5) is 41.8. The Bertz CT molecular complexity index is 2360. The van der Waals surface area contributed by atoms with Crippen LogP contribution < -0.4 is 0 Å². The Balaban J connectivity index is 0.000000387. The van der Waals surface area contributed by atoms with Gasteiger partial charge in [0.2, 0.25) is 0 Å². The van der Waals surface area contributed by atoms with E-state index in [9.17, 15) is 0 Å². The fourth-order valence-electron chi connectivity index (χ4n) is 5.32. The highest BCUT2D eigenvalue weighted by atomic mass is 14.9. The van der Waals surface area contributed by atoms with Crippen molar-refractivity contribution in [1.82, 2.24) is 49.8 Å². The summed E-state index contributed by atoms with van der Waals surface area (Å²) in [5.41, 5.74) is 12.9. The monoisotopic (exact) mass is 871 g/mol. The van der Waals surface area contributed by atoms with Crippen molar-refractivity contribution in [2.45, 2.75) is 104 Å². The maximum Gasteiger partial charge on any atom is 0.178 e. The molecule has 65 heavy (non-hydrogen) atoms. The zero-order valence-corrected chi connectivity index (χ0v) is 41.4. The van der Waals surface area contributed by atoms with Crippen LogP contribution in [0.1, 0.15) is 97.2 Å². The highest BCUT2D eigenvalue weighted by Crippen LogP contribution is 2.12. The van der Waals surface area contributed by atoms with E-state index in [1.807, 2.05) is 194 Å². The van der Waals surface area contributed by atoms with Gasteiger partial charge in [0.15, 0.2) is 11.3 Å². The summed E-state index contributed by atoms with van der Waals surface area (Å²) in [5, 5.41) is 2.32. The summed E-state index contributed by atoms with van der Waals surface area (Å²) >= 11 is 0. The van der Waals surface area contributed by atoms with E-state index in [1.165, 1.54) is 16.5 Å². The first kappa shape index (κ1) is 55.8. The highest BCUT2D eigenvalue weighted by Gasteiger charge is 1.96. The average Bonchev–Trinajstić information content (AvgIpc) is 3.37. The molecular formula is C55H70N10. The van der Waals surface area contributed by atoms with E-state index in [4.69, 9.17) is 0 Å². The molecule has 0 saturated carbocycles. The summed E-state index contributed by atoms with van der Waals surface area (Å²) in [5.74, 6) is 0. The molecule has 10 nitrogen and oxygen atoms in total. The van der Waals surface area contributed by atoms with Crippen molar-refractivity contribution in [2.24, 2.45) is 0 Å². The van der Waals surface area contributed by atoms with E-state index in [0.29, 0.717) is 5.65 Å². The predicted octanol–water partition coefficient (Wildman–Crippen LogP) is 14.8. The average molecular weight is 871 g/mol. The van der Waals surface area contributed by atoms with Gasteiger partial charge < -0.3 is 0 Å². The van der Waals surface area contributed by atoms with E-state index in [-0.39, 0.29) is 0 Å². The molecule has 0 aliphatic heterocycles. The van der Waals surface area contributed by atoms with Crippen molar-refractivity contribution in [3.8, 4) is 0 Å². The molecule has 0 N–H and O–H groups in total. The number of fused-ring (bicyclic) bond motifs is 5. The van der Waals surface area contributed by atoms with Crippen molar-refractivity contribution >= 4 is 55.2 Å². The van der Waals surface area contributed by atoms with Gasteiger partial charge in [0.1, 0.15) is 5.52 Å². The number of hydrogen-bond donors (Lipinski definition) is 0. The third-order valence-corrected chi connectivity index (χ3v) is 7.94. The lowest BCUT2D eigenvalue weighted by Crippen LogP contribution is -1.86. The van der Waals surface area contributed by atoms with Crippen LogP contribution in [0, 0.1) is 34.6 Å². The number of rotatable bonds is 0. The van der Waals surface area contributed by atoms with E-state index < -0.39 is 0 Å². The second-order valence-corrected chi connectivity index (χ2v) is 12.7. The quantitative estimate of drug-likeness (QED) is 0.145. The largest absolute Gasteiger partial charge is 0.256 e. The molecule has 0 atom stereocenters. The molecule has 8 heterocycles. The molecule has 0 radical (unpaired) electrons. The highest BCUT2D eigenvalue weighted by molar-refractivity contribution is 5.79. The Labute approximate surface area is 388 Å². The molecule has 0 unspecified atom stereocenters. The van der Waals surface area contributed by atoms with Crippen LogP contribution >= 0.6 is 0 Å². The van der Waals surface area contributed by atoms with Gasteiger partial charge in [-0.3, -0.25) is 24.9 Å². The molecule has 0 amide bonds. The first-order valence-corrected chi connectivity index (χ1v) is 22.7. The molecule has 0 bridgehead atoms. The molecule has 2 aromatic carbocycles. The third kappa shape index (κ3) is 19.8. The van der Waals surface area contributed by atoms with E-state index in [2.05, 4.69) is 75.0 Å². The normalized spacial score (nSPS) is 9.15. The standard InChI is InChI=1S/C10H9N.3C9H8N2.C8H7N3.5C2H6/c1-8-6-9-4-2-3-5-10(9)11-7-8;1-7-5-9-8(11-6-7)3-2-4-10-9;1-7-5-8-3-2-4-10-9(8)11-6-7;1-7-6-10-8-4-2-3-5-9(8)11-7;1-6-4-7-8(11-5-6)10-3-2-9-7;5*1-2/h2-7H,1H3;3*2-6H,1H3;2-5H,1H3;5*1-2H3. The molecular weight excluding hydrogens is 801 g/mol. The van der Waals surface area contributed by atoms with Crippen LogP contribution in [0.3, 0.4) is 0 Å². The van der Waals surface area contributed by atoms with Gasteiger partial charge in [0.25, 0.3) is 0 Å². The molecule has 0 aliphatic carbocycles. The fourth-order valence-corrected chi connectivity index (χ4v) is 5.32. The number of benzene rings is 2. The lowest BCUT2D eigenvalue weighted by molar-refractivity contribution is 1.18. The summed E-state index contributed by atoms with van der Waals surface area (Å²) in [7, 11) is 0. The van der Waals surface area contributed by atoms with Gasteiger partial charge in [0, 0.05) is 66.5 Å². The molecule has 10 heteroatoms. The summed E-state index contributed by atoms with van der Waals surface area (Å²) in [6.45, 7) is 30.0. The summed E-state index contributed by atoms with van der Waals surface area (Å²) in [6.07, 6.45) is 16.0. The number of hydrogen-bond acceptors (Lipinski definition) is 10. The van der Waals surface area contributed by atoms with Crippen molar-refractivity contribution < 1.29 is 0 Å². The van der Waals surface area contributed by atoms with Gasteiger partial charge in [-0.1, -0.05) is 99.6 Å². The SMILES string of the molecule is CC.CC.CC.CC.CC.Cc1cnc2ccccc2c1.Cc1cnc2ccccc2n1.Cc1cnc2cccnc2c1.Cc1cnc2ncccc2c1.Cc1cnc2nccnc2c1. The topological polar surface area (TPSA) is 129 Å². The molecule has 340 valence electrons. The van der Waals surface area contributed by atoms with Crippen molar-refractivity contribution in [3.05, 3.63) is 181 Å². The number of nitrogens with zero attached hydrogens (tertiary/aromatic N) is 10. The first-order chi connectivity index (χ1) is 31.8. The van der Waals surface area contributed by atoms with Crippen LogP contribution in [0.5, 0.6) is 0 Å². The minimum Gasteiger partial charge on any atom is -0.256 e. The van der Waals surface area contributed by atoms with Crippen LogP contribution in [-0.4, -0.2) is 49.8 Å². The zero-order chi connectivity index (χ0) is 48.4. The van der Waals surface area contributed by atoms with Gasteiger partial charge in [-0.05, 0) is 124 Å². The lowest BCUT2D eigenvalue weighted by atomic mass is 10.2. The Morgan fingerprint density at radius 3 is 1.35 bits per heavy atom. The second kappa shape index (κ2) is 33.4.